The summed E-state index contributed by atoms with van der Waals surface area (Å²) in [5.41, 5.74) is -1.81. The summed E-state index contributed by atoms with van der Waals surface area (Å²) in [4.78, 5) is 38.9. The standard InChI is InChI=1S/C25H30FN3O7/c1-24(2,3)36-23(34)27-25(5-6-25)14-4-7-28(10-14)19-17(26)9-13-8-16(22(32)33)21(31)29-15(11-30)12-35-20(19)18(13)29/h8-9,14-15,30H,4-7,10-12H2,1-3H3,(H,27,34)(H,32,33)/t14-,15+/m1/s1. The van der Waals surface area contributed by atoms with Crippen LogP contribution in [-0.2, 0) is 4.74 Å². The van der Waals surface area contributed by atoms with Crippen molar-refractivity contribution in [2.45, 2.75) is 57.2 Å². The number of aromatic nitrogens is 1. The molecule has 5 rings (SSSR count). The van der Waals surface area contributed by atoms with Gasteiger partial charge in [0.05, 0.1) is 18.2 Å². The monoisotopic (exact) mass is 503 g/mol. The van der Waals surface area contributed by atoms with Crippen molar-refractivity contribution in [3.8, 4) is 5.75 Å². The molecule has 2 aromatic rings. The Morgan fingerprint density at radius 2 is 2.03 bits per heavy atom. The van der Waals surface area contributed by atoms with Gasteiger partial charge in [0.2, 0.25) is 0 Å². The van der Waals surface area contributed by atoms with Gasteiger partial charge in [0.15, 0.2) is 11.6 Å². The van der Waals surface area contributed by atoms with Gasteiger partial charge in [-0.1, -0.05) is 0 Å². The molecule has 1 saturated carbocycles. The van der Waals surface area contributed by atoms with Gasteiger partial charge in [0.25, 0.3) is 5.56 Å². The summed E-state index contributed by atoms with van der Waals surface area (Å²) in [6.07, 6.45) is 1.87. The highest BCUT2D eigenvalue weighted by Crippen LogP contribution is 2.49. The van der Waals surface area contributed by atoms with Gasteiger partial charge in [-0.25, -0.2) is 14.0 Å². The Kier molecular flexibility index (Phi) is 5.66. The molecule has 2 aliphatic heterocycles. The first kappa shape index (κ1) is 24.4. The number of carbonyl (C=O) groups is 2. The predicted molar refractivity (Wildman–Crippen MR) is 128 cm³/mol. The van der Waals surface area contributed by atoms with Crippen molar-refractivity contribution in [1.82, 2.24) is 9.88 Å². The van der Waals surface area contributed by atoms with Gasteiger partial charge in [-0.2, -0.15) is 0 Å². The zero-order valence-electron chi connectivity index (χ0n) is 20.5. The molecule has 1 aliphatic carbocycles. The van der Waals surface area contributed by atoms with Crippen LogP contribution < -0.4 is 20.5 Å². The molecule has 3 aliphatic rings. The average molecular weight is 504 g/mol. The number of aliphatic hydroxyl groups is 1. The highest BCUT2D eigenvalue weighted by molar-refractivity contribution is 5.97. The molecule has 0 bridgehead atoms. The molecule has 1 aromatic carbocycles. The first-order valence-corrected chi connectivity index (χ1v) is 12.1. The summed E-state index contributed by atoms with van der Waals surface area (Å²) in [5.74, 6) is -1.78. The Hall–Kier alpha value is -3.34. The van der Waals surface area contributed by atoms with Crippen molar-refractivity contribution >= 4 is 28.7 Å². The fourth-order valence-electron chi connectivity index (χ4n) is 5.44. The van der Waals surface area contributed by atoms with Gasteiger partial charge < -0.3 is 29.9 Å². The number of carbonyl (C=O) groups excluding carboxylic acids is 1. The number of hydrogen-bond acceptors (Lipinski definition) is 7. The van der Waals surface area contributed by atoms with Crippen LogP contribution in [0.4, 0.5) is 14.9 Å². The molecule has 11 heteroatoms. The van der Waals surface area contributed by atoms with Crippen molar-refractivity contribution in [1.29, 1.82) is 0 Å². The predicted octanol–water partition coefficient (Wildman–Crippen LogP) is 2.65. The van der Waals surface area contributed by atoms with Crippen LogP contribution >= 0.6 is 0 Å². The van der Waals surface area contributed by atoms with E-state index in [0.717, 1.165) is 25.3 Å². The number of ether oxygens (including phenoxy) is 2. The van der Waals surface area contributed by atoms with E-state index in [1.54, 1.807) is 20.8 Å². The first-order valence-electron chi connectivity index (χ1n) is 12.1. The molecule has 2 fully saturated rings. The van der Waals surface area contributed by atoms with E-state index in [-0.39, 0.29) is 34.9 Å². The highest BCUT2D eigenvalue weighted by Gasteiger charge is 2.53. The van der Waals surface area contributed by atoms with Crippen LogP contribution in [0, 0.1) is 11.7 Å². The number of hydrogen-bond donors (Lipinski definition) is 3. The number of aliphatic hydroxyl groups excluding tert-OH is 1. The van der Waals surface area contributed by atoms with E-state index in [9.17, 15) is 24.6 Å². The van der Waals surface area contributed by atoms with E-state index in [0.29, 0.717) is 13.1 Å². The van der Waals surface area contributed by atoms with Crippen LogP contribution in [0.5, 0.6) is 5.75 Å². The van der Waals surface area contributed by atoms with E-state index >= 15 is 4.39 Å². The topological polar surface area (TPSA) is 130 Å². The molecule has 194 valence electrons. The quantitative estimate of drug-likeness (QED) is 0.568. The number of benzene rings is 1. The number of anilines is 1. The van der Waals surface area contributed by atoms with Crippen LogP contribution in [0.1, 0.15) is 56.4 Å². The number of carboxylic acids is 1. The highest BCUT2D eigenvalue weighted by atomic mass is 19.1. The van der Waals surface area contributed by atoms with Crippen LogP contribution in [0.2, 0.25) is 0 Å². The van der Waals surface area contributed by atoms with Gasteiger partial charge >= 0.3 is 12.1 Å². The largest absolute Gasteiger partial charge is 0.487 e. The fraction of sp³-hybridized carbons (Fsp3) is 0.560. The maximum atomic E-state index is 15.5. The molecule has 1 aromatic heterocycles. The van der Waals surface area contributed by atoms with E-state index in [2.05, 4.69) is 5.32 Å². The third-order valence-electron chi connectivity index (χ3n) is 7.25. The Bertz CT molecular complexity index is 1310. The second-order valence-corrected chi connectivity index (χ2v) is 10.9. The van der Waals surface area contributed by atoms with Gasteiger partial charge in [-0.15, -0.1) is 0 Å². The minimum Gasteiger partial charge on any atom is -0.487 e. The number of halogens is 1. The molecule has 1 saturated heterocycles. The van der Waals surface area contributed by atoms with Gasteiger partial charge in [0, 0.05) is 29.9 Å². The lowest BCUT2D eigenvalue weighted by Gasteiger charge is -2.32. The van der Waals surface area contributed by atoms with E-state index in [1.165, 1.54) is 10.6 Å². The SMILES string of the molecule is CC(C)(C)OC(=O)NC1([C@@H]2CCN(c3c(F)cc4cc(C(=O)O)c(=O)n5c4c3OC[C@@H]5CO)C2)CC1. The Morgan fingerprint density at radius 1 is 1.31 bits per heavy atom. The Labute approximate surface area is 206 Å². The number of rotatable bonds is 5. The van der Waals surface area contributed by atoms with Crippen molar-refractivity contribution in [2.24, 2.45) is 5.92 Å². The summed E-state index contributed by atoms with van der Waals surface area (Å²) < 4.78 is 28.1. The van der Waals surface area contributed by atoms with E-state index < -0.39 is 52.8 Å². The van der Waals surface area contributed by atoms with Crippen LogP contribution in [0.3, 0.4) is 0 Å². The second-order valence-electron chi connectivity index (χ2n) is 10.9. The molecule has 10 nitrogen and oxygen atoms in total. The van der Waals surface area contributed by atoms with Crippen LogP contribution in [0.15, 0.2) is 16.9 Å². The van der Waals surface area contributed by atoms with Gasteiger partial charge in [-0.3, -0.25) is 9.36 Å². The van der Waals surface area contributed by atoms with Crippen molar-refractivity contribution in [2.75, 3.05) is 31.2 Å². The molecular weight excluding hydrogens is 473 g/mol. The lowest BCUT2D eigenvalue weighted by molar-refractivity contribution is 0.0477. The summed E-state index contributed by atoms with van der Waals surface area (Å²) in [5, 5.41) is 22.5. The number of nitrogens with zero attached hydrogens (tertiary/aromatic N) is 2. The third kappa shape index (κ3) is 4.04. The number of nitrogens with one attached hydrogen (secondary N) is 1. The summed E-state index contributed by atoms with van der Waals surface area (Å²) in [6.45, 7) is 5.86. The van der Waals surface area contributed by atoms with E-state index in [4.69, 9.17) is 9.47 Å². The minimum atomic E-state index is -1.42. The smallest absolute Gasteiger partial charge is 0.408 e. The molecule has 1 amide bonds. The van der Waals surface area contributed by atoms with Crippen molar-refractivity contribution in [3.63, 3.8) is 0 Å². The lowest BCUT2D eigenvalue weighted by atomic mass is 9.96. The van der Waals surface area contributed by atoms with Crippen molar-refractivity contribution < 1.29 is 33.7 Å². The van der Waals surface area contributed by atoms with Gasteiger partial charge in [0.1, 0.15) is 23.5 Å². The third-order valence-corrected chi connectivity index (χ3v) is 7.25. The summed E-state index contributed by atoms with van der Waals surface area (Å²) in [6, 6.07) is 1.56. The van der Waals surface area contributed by atoms with E-state index in [1.807, 2.05) is 4.90 Å². The lowest BCUT2D eigenvalue weighted by Crippen LogP contribution is -2.46. The van der Waals surface area contributed by atoms with Gasteiger partial charge in [-0.05, 0) is 52.2 Å². The molecule has 3 heterocycles. The Morgan fingerprint density at radius 3 is 2.64 bits per heavy atom. The second kappa shape index (κ2) is 8.36. The number of amides is 1. The molecule has 36 heavy (non-hydrogen) atoms. The average Bonchev–Trinajstić information content (AvgIpc) is 3.38. The van der Waals surface area contributed by atoms with Crippen molar-refractivity contribution in [3.05, 3.63) is 33.9 Å². The maximum absolute atomic E-state index is 15.5. The number of alkyl carbamates (subject to hydrolysis) is 1. The summed E-state index contributed by atoms with van der Waals surface area (Å²) in [7, 11) is 0. The maximum Gasteiger partial charge on any atom is 0.408 e. The molecule has 0 radical (unpaired) electrons. The summed E-state index contributed by atoms with van der Waals surface area (Å²) >= 11 is 0. The van der Waals surface area contributed by atoms with Crippen LogP contribution in [-0.4, -0.2) is 64.3 Å². The minimum absolute atomic E-state index is 0.0673. The zero-order valence-corrected chi connectivity index (χ0v) is 20.5. The Balaban J connectivity index is 1.50. The van der Waals surface area contributed by atoms with Crippen LogP contribution in [0.25, 0.3) is 10.9 Å². The molecule has 0 unspecified atom stereocenters. The molecule has 3 N–H and O–H groups in total. The molecule has 2 atom stereocenters. The number of carboxylic acid groups (broad SMARTS) is 1. The first-order chi connectivity index (χ1) is 16.9. The molecular formula is C25H30FN3O7. The zero-order chi connectivity index (χ0) is 26.0. The normalized spacial score (nSPS) is 22.3. The fourth-order valence-corrected chi connectivity index (χ4v) is 5.44. The number of aromatic carboxylic acids is 1. The molecule has 0 spiro atoms. The number of pyridine rings is 1.